The van der Waals surface area contributed by atoms with Crippen molar-refractivity contribution in [1.29, 1.82) is 0 Å². The third-order valence-electron chi connectivity index (χ3n) is 3.18. The zero-order valence-electron chi connectivity index (χ0n) is 13.8. The lowest BCUT2D eigenvalue weighted by molar-refractivity contribution is -0.137. The monoisotopic (exact) mass is 401 g/mol. The summed E-state index contributed by atoms with van der Waals surface area (Å²) in [7, 11) is -4.21. The first-order valence-electron chi connectivity index (χ1n) is 7.36. The fourth-order valence-electron chi connectivity index (χ4n) is 2.00. The number of nitrogens with one attached hydrogen (secondary N) is 3. The Morgan fingerprint density at radius 3 is 1.81 bits per heavy atom. The number of alkyl halides is 3. The van der Waals surface area contributed by atoms with Crippen molar-refractivity contribution in [3.05, 3.63) is 54.1 Å². The van der Waals surface area contributed by atoms with Gasteiger partial charge in [-0.3, -0.25) is 4.79 Å². The fourth-order valence-corrected chi connectivity index (χ4v) is 2.91. The number of benzene rings is 2. The smallest absolute Gasteiger partial charge is 0.326 e. The Labute approximate surface area is 152 Å². The van der Waals surface area contributed by atoms with Gasteiger partial charge in [-0.1, -0.05) is 0 Å². The van der Waals surface area contributed by atoms with Crippen molar-refractivity contribution >= 4 is 33.3 Å². The lowest BCUT2D eigenvalue weighted by atomic mass is 10.2. The molecule has 11 heteroatoms. The van der Waals surface area contributed by atoms with E-state index in [-0.39, 0.29) is 16.5 Å². The fraction of sp³-hybridized carbons (Fsp3) is 0.125. The van der Waals surface area contributed by atoms with E-state index in [0.717, 1.165) is 24.3 Å². The number of anilines is 2. The maximum atomic E-state index is 12.5. The van der Waals surface area contributed by atoms with Crippen molar-refractivity contribution in [2.75, 3.05) is 10.6 Å². The topological polar surface area (TPSA) is 104 Å². The molecule has 0 atom stereocenters. The van der Waals surface area contributed by atoms with Crippen molar-refractivity contribution in [2.45, 2.75) is 18.0 Å². The van der Waals surface area contributed by atoms with Gasteiger partial charge >= 0.3 is 12.2 Å². The van der Waals surface area contributed by atoms with Crippen LogP contribution in [0.15, 0.2) is 53.4 Å². The lowest BCUT2D eigenvalue weighted by Gasteiger charge is -2.10. The van der Waals surface area contributed by atoms with E-state index in [4.69, 9.17) is 0 Å². The molecule has 2 rings (SSSR count). The number of hydrogen-bond donors (Lipinski definition) is 3. The zero-order chi connectivity index (χ0) is 20.2. The summed E-state index contributed by atoms with van der Waals surface area (Å²) < 4.78 is 63.5. The first-order valence-corrected chi connectivity index (χ1v) is 8.84. The Kier molecular flexibility index (Phi) is 5.74. The molecule has 0 radical (unpaired) electrons. The van der Waals surface area contributed by atoms with Crippen LogP contribution in [0, 0.1) is 0 Å². The van der Waals surface area contributed by atoms with E-state index in [1.165, 1.54) is 31.2 Å². The minimum atomic E-state index is -4.52. The second kappa shape index (κ2) is 7.66. The quantitative estimate of drug-likeness (QED) is 0.732. The molecule has 0 saturated heterocycles. The normalized spacial score (nSPS) is 11.6. The van der Waals surface area contributed by atoms with Crippen LogP contribution in [0.25, 0.3) is 0 Å². The van der Waals surface area contributed by atoms with Crippen LogP contribution < -0.4 is 15.4 Å². The highest BCUT2D eigenvalue weighted by atomic mass is 32.2. The second-order valence-electron chi connectivity index (χ2n) is 5.34. The van der Waals surface area contributed by atoms with Gasteiger partial charge in [0.2, 0.25) is 5.91 Å². The van der Waals surface area contributed by atoms with Crippen LogP contribution in [0.2, 0.25) is 0 Å². The number of amides is 3. The summed E-state index contributed by atoms with van der Waals surface area (Å²) in [6.45, 7) is 1.29. The van der Waals surface area contributed by atoms with Crippen LogP contribution in [0.1, 0.15) is 12.5 Å². The molecule has 2 aromatic carbocycles. The molecule has 0 fully saturated rings. The molecule has 3 amide bonds. The van der Waals surface area contributed by atoms with Crippen molar-refractivity contribution in [2.24, 2.45) is 0 Å². The summed E-state index contributed by atoms with van der Waals surface area (Å²) >= 11 is 0. The molecule has 2 aromatic rings. The Morgan fingerprint density at radius 1 is 0.852 bits per heavy atom. The lowest BCUT2D eigenvalue weighted by Crippen LogP contribution is -2.34. The molecule has 0 unspecified atom stereocenters. The molecular weight excluding hydrogens is 387 g/mol. The van der Waals surface area contributed by atoms with Crippen molar-refractivity contribution < 1.29 is 31.2 Å². The first kappa shape index (κ1) is 20.2. The van der Waals surface area contributed by atoms with Crippen LogP contribution in [-0.2, 0) is 21.0 Å². The average Bonchev–Trinajstić information content (AvgIpc) is 2.53. The molecule has 0 heterocycles. The number of sulfonamides is 1. The summed E-state index contributed by atoms with van der Waals surface area (Å²) in [4.78, 5) is 22.5. The SMILES string of the molecule is CC(=O)Nc1ccc(S(=O)(=O)NC(=O)Nc2ccc(C(F)(F)F)cc2)cc1. The largest absolute Gasteiger partial charge is 0.416 e. The minimum absolute atomic E-state index is 0.0169. The molecule has 0 bridgehead atoms. The van der Waals surface area contributed by atoms with E-state index in [2.05, 4.69) is 10.6 Å². The molecule has 0 saturated carbocycles. The van der Waals surface area contributed by atoms with Gasteiger partial charge in [-0.05, 0) is 48.5 Å². The molecule has 0 aliphatic rings. The minimum Gasteiger partial charge on any atom is -0.326 e. The predicted octanol–water partition coefficient (Wildman–Crippen LogP) is 3.17. The van der Waals surface area contributed by atoms with Crippen LogP contribution >= 0.6 is 0 Å². The molecule has 0 spiro atoms. The molecule has 0 aliphatic carbocycles. The molecule has 27 heavy (non-hydrogen) atoms. The third kappa shape index (κ3) is 5.71. The summed E-state index contributed by atoms with van der Waals surface area (Å²) in [5, 5.41) is 4.59. The number of halogens is 3. The van der Waals surface area contributed by atoms with E-state index >= 15 is 0 Å². The Hall–Kier alpha value is -3.08. The maximum Gasteiger partial charge on any atom is 0.416 e. The van der Waals surface area contributed by atoms with Gasteiger partial charge in [0.05, 0.1) is 10.5 Å². The van der Waals surface area contributed by atoms with E-state index in [1.807, 2.05) is 0 Å². The molecule has 0 aliphatic heterocycles. The van der Waals surface area contributed by atoms with Crippen molar-refractivity contribution in [3.63, 3.8) is 0 Å². The van der Waals surface area contributed by atoms with E-state index in [9.17, 15) is 31.2 Å². The highest BCUT2D eigenvalue weighted by Gasteiger charge is 2.30. The predicted molar refractivity (Wildman–Crippen MR) is 91.5 cm³/mol. The number of carbonyl (C=O) groups is 2. The molecular formula is C16H14F3N3O4S. The number of carbonyl (C=O) groups excluding carboxylic acids is 2. The summed E-state index contributed by atoms with van der Waals surface area (Å²) in [5.41, 5.74) is -0.548. The molecule has 3 N–H and O–H groups in total. The Morgan fingerprint density at radius 2 is 1.33 bits per heavy atom. The zero-order valence-corrected chi connectivity index (χ0v) is 14.6. The summed E-state index contributed by atoms with van der Waals surface area (Å²) in [6, 6.07) is 7.40. The molecule has 144 valence electrons. The third-order valence-corrected chi connectivity index (χ3v) is 4.53. The van der Waals surface area contributed by atoms with Gasteiger partial charge in [0, 0.05) is 18.3 Å². The first-order chi connectivity index (χ1) is 12.5. The number of rotatable bonds is 4. The maximum absolute atomic E-state index is 12.5. The molecule has 7 nitrogen and oxygen atoms in total. The van der Waals surface area contributed by atoms with E-state index in [1.54, 1.807) is 4.72 Å². The van der Waals surface area contributed by atoms with Gasteiger partial charge in [-0.25, -0.2) is 17.9 Å². The van der Waals surface area contributed by atoms with Crippen LogP contribution in [0.3, 0.4) is 0 Å². The summed E-state index contributed by atoms with van der Waals surface area (Å²) in [6.07, 6.45) is -4.52. The summed E-state index contributed by atoms with van der Waals surface area (Å²) in [5.74, 6) is -0.334. The molecule has 0 aromatic heterocycles. The van der Waals surface area contributed by atoms with Crippen LogP contribution in [0.5, 0.6) is 0 Å². The van der Waals surface area contributed by atoms with Gasteiger partial charge in [0.25, 0.3) is 10.0 Å². The van der Waals surface area contributed by atoms with Gasteiger partial charge in [-0.15, -0.1) is 0 Å². The average molecular weight is 401 g/mol. The van der Waals surface area contributed by atoms with Crippen molar-refractivity contribution in [3.8, 4) is 0 Å². The van der Waals surface area contributed by atoms with Gasteiger partial charge < -0.3 is 10.6 Å². The Bertz CT molecular complexity index is 940. The number of hydrogen-bond acceptors (Lipinski definition) is 4. The highest BCUT2D eigenvalue weighted by Crippen LogP contribution is 2.29. The van der Waals surface area contributed by atoms with E-state index in [0.29, 0.717) is 5.69 Å². The highest BCUT2D eigenvalue weighted by molar-refractivity contribution is 7.90. The Balaban J connectivity index is 2.04. The number of urea groups is 1. The van der Waals surface area contributed by atoms with Gasteiger partial charge in [0.15, 0.2) is 0 Å². The van der Waals surface area contributed by atoms with E-state index < -0.39 is 27.8 Å². The van der Waals surface area contributed by atoms with Gasteiger partial charge in [0.1, 0.15) is 0 Å². The van der Waals surface area contributed by atoms with Crippen molar-refractivity contribution in [1.82, 2.24) is 4.72 Å². The van der Waals surface area contributed by atoms with Crippen LogP contribution in [0.4, 0.5) is 29.3 Å². The standard InChI is InChI=1S/C16H14F3N3O4S/c1-10(23)20-12-6-8-14(9-7-12)27(25,26)22-15(24)21-13-4-2-11(3-5-13)16(17,18)19/h2-9H,1H3,(H,20,23)(H2,21,22,24). The van der Waals surface area contributed by atoms with Crippen LogP contribution in [-0.4, -0.2) is 20.4 Å². The van der Waals surface area contributed by atoms with Gasteiger partial charge in [-0.2, -0.15) is 13.2 Å². The second-order valence-corrected chi connectivity index (χ2v) is 7.02.